The number of benzene rings is 3. The largest absolute Gasteiger partial charge is 0.348 e. The Labute approximate surface area is 170 Å². The van der Waals surface area contributed by atoms with Gasteiger partial charge in [0.15, 0.2) is 0 Å². The zero-order valence-corrected chi connectivity index (χ0v) is 16.8. The molecule has 0 saturated carbocycles. The predicted molar refractivity (Wildman–Crippen MR) is 113 cm³/mol. The Hall–Kier alpha value is -3.21. The van der Waals surface area contributed by atoms with E-state index < -0.39 is 17.8 Å². The number of nitrogens with one attached hydrogen (secondary N) is 2. The lowest BCUT2D eigenvalue weighted by molar-refractivity contribution is -0.124. The quantitative estimate of drug-likeness (QED) is 0.644. The van der Waals surface area contributed by atoms with Gasteiger partial charge in [0.2, 0.25) is 5.91 Å². The molecule has 0 heterocycles. The number of hydrogen-bond donors (Lipinski definition) is 2. The first-order valence-corrected chi connectivity index (χ1v) is 9.70. The fourth-order valence-electron chi connectivity index (χ4n) is 3.22. The summed E-state index contributed by atoms with van der Waals surface area (Å²) < 4.78 is 13.1. The third-order valence-corrected chi connectivity index (χ3v) is 4.97. The van der Waals surface area contributed by atoms with Gasteiger partial charge in [0.1, 0.15) is 11.9 Å². The molecule has 2 N–H and O–H groups in total. The van der Waals surface area contributed by atoms with Crippen molar-refractivity contribution in [3.8, 4) is 0 Å². The van der Waals surface area contributed by atoms with E-state index in [0.717, 1.165) is 16.3 Å². The summed E-state index contributed by atoms with van der Waals surface area (Å²) in [6.07, 6.45) is 0. The lowest BCUT2D eigenvalue weighted by Crippen LogP contribution is -2.50. The van der Waals surface area contributed by atoms with E-state index in [1.807, 2.05) is 57.2 Å². The molecule has 0 spiro atoms. The molecule has 0 aromatic heterocycles. The van der Waals surface area contributed by atoms with Crippen molar-refractivity contribution in [2.45, 2.75) is 32.9 Å². The molecule has 0 aliphatic heterocycles. The SMILES string of the molecule is CC(NC(=O)C(NC(=O)c1ccc(F)cc1)C(C)C)c1ccc2ccccc2c1. The lowest BCUT2D eigenvalue weighted by Gasteiger charge is -2.24. The van der Waals surface area contributed by atoms with Crippen LogP contribution in [-0.2, 0) is 4.79 Å². The first kappa shape index (κ1) is 20.5. The topological polar surface area (TPSA) is 58.2 Å². The van der Waals surface area contributed by atoms with Crippen molar-refractivity contribution in [3.63, 3.8) is 0 Å². The number of fused-ring (bicyclic) bond motifs is 1. The van der Waals surface area contributed by atoms with Gasteiger partial charge in [-0.25, -0.2) is 4.39 Å². The summed E-state index contributed by atoms with van der Waals surface area (Å²) in [5.41, 5.74) is 1.30. The minimum atomic E-state index is -0.699. The summed E-state index contributed by atoms with van der Waals surface area (Å²) in [6, 6.07) is 18.5. The molecule has 3 aromatic carbocycles. The molecule has 0 saturated heterocycles. The summed E-state index contributed by atoms with van der Waals surface area (Å²) in [5.74, 6) is -1.18. The van der Waals surface area contributed by atoms with E-state index in [2.05, 4.69) is 16.7 Å². The minimum absolute atomic E-state index is 0.108. The molecule has 3 aromatic rings. The molecule has 0 bridgehead atoms. The number of carbonyl (C=O) groups is 2. The highest BCUT2D eigenvalue weighted by Gasteiger charge is 2.26. The maximum atomic E-state index is 13.1. The zero-order valence-electron chi connectivity index (χ0n) is 16.8. The monoisotopic (exact) mass is 392 g/mol. The Morgan fingerprint density at radius 3 is 2.14 bits per heavy atom. The Balaban J connectivity index is 1.71. The lowest BCUT2D eigenvalue weighted by atomic mass is 10.00. The van der Waals surface area contributed by atoms with Crippen molar-refractivity contribution in [1.29, 1.82) is 0 Å². The van der Waals surface area contributed by atoms with E-state index in [-0.39, 0.29) is 17.9 Å². The second kappa shape index (κ2) is 8.86. The van der Waals surface area contributed by atoms with E-state index in [0.29, 0.717) is 5.56 Å². The van der Waals surface area contributed by atoms with Gasteiger partial charge >= 0.3 is 0 Å². The molecular formula is C24H25FN2O2. The van der Waals surface area contributed by atoms with Crippen molar-refractivity contribution in [2.75, 3.05) is 0 Å². The third-order valence-electron chi connectivity index (χ3n) is 4.97. The molecule has 4 nitrogen and oxygen atoms in total. The van der Waals surface area contributed by atoms with Gasteiger partial charge in [-0.3, -0.25) is 9.59 Å². The van der Waals surface area contributed by atoms with Crippen LogP contribution in [0.4, 0.5) is 4.39 Å². The minimum Gasteiger partial charge on any atom is -0.348 e. The summed E-state index contributed by atoms with van der Waals surface area (Å²) >= 11 is 0. The van der Waals surface area contributed by atoms with Gasteiger partial charge in [-0.05, 0) is 59.5 Å². The Morgan fingerprint density at radius 1 is 0.828 bits per heavy atom. The van der Waals surface area contributed by atoms with Gasteiger partial charge in [0.05, 0.1) is 6.04 Å². The summed E-state index contributed by atoms with van der Waals surface area (Å²) in [6.45, 7) is 5.66. The van der Waals surface area contributed by atoms with Gasteiger partial charge < -0.3 is 10.6 Å². The molecule has 150 valence electrons. The fraction of sp³-hybridized carbons (Fsp3) is 0.250. The molecule has 0 aliphatic carbocycles. The van der Waals surface area contributed by atoms with Gasteiger partial charge in [-0.15, -0.1) is 0 Å². The molecule has 0 radical (unpaired) electrons. The predicted octanol–water partition coefficient (Wildman–Crippen LogP) is 4.61. The molecule has 2 atom stereocenters. The molecule has 29 heavy (non-hydrogen) atoms. The number of rotatable bonds is 6. The van der Waals surface area contributed by atoms with Crippen LogP contribution in [0.1, 0.15) is 42.7 Å². The second-order valence-corrected chi connectivity index (χ2v) is 7.54. The van der Waals surface area contributed by atoms with Crippen LogP contribution in [0, 0.1) is 11.7 Å². The van der Waals surface area contributed by atoms with Crippen LogP contribution in [-0.4, -0.2) is 17.9 Å². The Morgan fingerprint density at radius 2 is 1.48 bits per heavy atom. The van der Waals surface area contributed by atoms with Crippen LogP contribution in [0.25, 0.3) is 10.8 Å². The van der Waals surface area contributed by atoms with Crippen LogP contribution in [0.5, 0.6) is 0 Å². The number of halogens is 1. The second-order valence-electron chi connectivity index (χ2n) is 7.54. The maximum Gasteiger partial charge on any atom is 0.251 e. The summed E-state index contributed by atoms with van der Waals surface area (Å²) in [5, 5.41) is 8.01. The van der Waals surface area contributed by atoms with Gasteiger partial charge in [0, 0.05) is 5.56 Å². The van der Waals surface area contributed by atoms with E-state index in [9.17, 15) is 14.0 Å². The Kier molecular flexibility index (Phi) is 6.27. The summed E-state index contributed by atoms with van der Waals surface area (Å²) in [4.78, 5) is 25.3. The van der Waals surface area contributed by atoms with E-state index in [1.54, 1.807) is 0 Å². The molecule has 0 aliphatic rings. The highest BCUT2D eigenvalue weighted by atomic mass is 19.1. The van der Waals surface area contributed by atoms with Crippen LogP contribution in [0.15, 0.2) is 66.7 Å². The van der Waals surface area contributed by atoms with Gasteiger partial charge in [-0.1, -0.05) is 50.2 Å². The van der Waals surface area contributed by atoms with Gasteiger partial charge in [-0.2, -0.15) is 0 Å². The van der Waals surface area contributed by atoms with Crippen molar-refractivity contribution in [1.82, 2.24) is 10.6 Å². The highest BCUT2D eigenvalue weighted by molar-refractivity contribution is 5.97. The average Bonchev–Trinajstić information content (AvgIpc) is 2.71. The maximum absolute atomic E-state index is 13.1. The van der Waals surface area contributed by atoms with Gasteiger partial charge in [0.25, 0.3) is 5.91 Å². The van der Waals surface area contributed by atoms with Crippen LogP contribution >= 0.6 is 0 Å². The fourth-order valence-corrected chi connectivity index (χ4v) is 3.22. The van der Waals surface area contributed by atoms with Crippen LogP contribution in [0.3, 0.4) is 0 Å². The van der Waals surface area contributed by atoms with Crippen molar-refractivity contribution < 1.29 is 14.0 Å². The zero-order chi connectivity index (χ0) is 21.0. The van der Waals surface area contributed by atoms with E-state index in [4.69, 9.17) is 0 Å². The normalized spacial score (nSPS) is 13.1. The number of carbonyl (C=O) groups excluding carboxylic acids is 2. The standard InChI is InChI=1S/C24H25FN2O2/c1-15(2)22(27-23(28)18-10-12-21(25)13-11-18)24(29)26-16(3)19-9-8-17-6-4-5-7-20(17)14-19/h4-16,22H,1-3H3,(H,26,29)(H,27,28). The number of hydrogen-bond acceptors (Lipinski definition) is 2. The van der Waals surface area contributed by atoms with Crippen LogP contribution < -0.4 is 10.6 Å². The smallest absolute Gasteiger partial charge is 0.251 e. The van der Waals surface area contributed by atoms with E-state index in [1.165, 1.54) is 24.3 Å². The molecular weight excluding hydrogens is 367 g/mol. The molecule has 5 heteroatoms. The molecule has 2 amide bonds. The summed E-state index contributed by atoms with van der Waals surface area (Å²) in [7, 11) is 0. The van der Waals surface area contributed by atoms with Crippen molar-refractivity contribution in [2.24, 2.45) is 5.92 Å². The Bertz CT molecular complexity index is 1010. The number of amides is 2. The molecule has 2 unspecified atom stereocenters. The first-order chi connectivity index (χ1) is 13.8. The van der Waals surface area contributed by atoms with Crippen molar-refractivity contribution >= 4 is 22.6 Å². The first-order valence-electron chi connectivity index (χ1n) is 9.70. The van der Waals surface area contributed by atoms with Crippen LogP contribution in [0.2, 0.25) is 0 Å². The van der Waals surface area contributed by atoms with E-state index >= 15 is 0 Å². The van der Waals surface area contributed by atoms with Crippen molar-refractivity contribution in [3.05, 3.63) is 83.7 Å². The molecule has 3 rings (SSSR count). The highest BCUT2D eigenvalue weighted by Crippen LogP contribution is 2.20. The molecule has 0 fully saturated rings. The third kappa shape index (κ3) is 4.99. The average molecular weight is 392 g/mol.